The quantitative estimate of drug-likeness (QED) is 0.649. The third-order valence-corrected chi connectivity index (χ3v) is 3.60. The lowest BCUT2D eigenvalue weighted by atomic mass is 10.2. The average Bonchev–Trinajstić information content (AvgIpc) is 2.92. The molecule has 1 aliphatic rings. The molecule has 7 nitrogen and oxygen atoms in total. The van der Waals surface area contributed by atoms with Crippen LogP contribution in [0.3, 0.4) is 0 Å². The minimum Gasteiger partial charge on any atom is -0.363 e. The highest BCUT2D eigenvalue weighted by molar-refractivity contribution is 5.58. The maximum atomic E-state index is 11.0. The highest BCUT2D eigenvalue weighted by Gasteiger charge is 2.24. The van der Waals surface area contributed by atoms with Gasteiger partial charge in [-0.2, -0.15) is 5.26 Å². The lowest BCUT2D eigenvalue weighted by molar-refractivity contribution is -0.384. The summed E-state index contributed by atoms with van der Waals surface area (Å²) in [5.41, 5.74) is 0.0448. The summed E-state index contributed by atoms with van der Waals surface area (Å²) in [6, 6.07) is 3.50. The van der Waals surface area contributed by atoms with Gasteiger partial charge in [-0.1, -0.05) is 6.92 Å². The number of hydrogen-bond acceptors (Lipinski definition) is 6. The van der Waals surface area contributed by atoms with Crippen LogP contribution >= 0.6 is 0 Å². The summed E-state index contributed by atoms with van der Waals surface area (Å²) in [5.74, 6) is 0.233. The van der Waals surface area contributed by atoms with Crippen molar-refractivity contribution in [1.82, 2.24) is 9.88 Å². The van der Waals surface area contributed by atoms with Gasteiger partial charge in [0, 0.05) is 24.8 Å². The Morgan fingerprint density at radius 3 is 3.15 bits per heavy atom. The standard InChI is InChI=1S/C13H17N5O2/c1-2-17-5-3-4-11(17)9-16-13-12(18(19)20)6-10(7-14)8-15-13/h6,8,11H,2-5,9H2,1H3,(H,15,16). The topological polar surface area (TPSA) is 95.1 Å². The molecule has 20 heavy (non-hydrogen) atoms. The Morgan fingerprint density at radius 2 is 2.50 bits per heavy atom. The molecular weight excluding hydrogens is 258 g/mol. The van der Waals surface area contributed by atoms with E-state index in [0.717, 1.165) is 25.9 Å². The smallest absolute Gasteiger partial charge is 0.312 e. The van der Waals surface area contributed by atoms with Crippen molar-refractivity contribution in [3.8, 4) is 6.07 Å². The molecule has 1 N–H and O–H groups in total. The van der Waals surface area contributed by atoms with Crippen molar-refractivity contribution >= 4 is 11.5 Å². The van der Waals surface area contributed by atoms with E-state index in [-0.39, 0.29) is 17.1 Å². The summed E-state index contributed by atoms with van der Waals surface area (Å²) in [7, 11) is 0. The highest BCUT2D eigenvalue weighted by Crippen LogP contribution is 2.24. The molecule has 0 saturated carbocycles. The van der Waals surface area contributed by atoms with E-state index in [1.165, 1.54) is 12.3 Å². The van der Waals surface area contributed by atoms with E-state index in [9.17, 15) is 10.1 Å². The molecule has 7 heteroatoms. The van der Waals surface area contributed by atoms with Crippen molar-refractivity contribution in [3.05, 3.63) is 27.9 Å². The number of pyridine rings is 1. The van der Waals surface area contributed by atoms with Gasteiger partial charge in [0.1, 0.15) is 6.07 Å². The first-order valence-corrected chi connectivity index (χ1v) is 6.68. The molecule has 1 aliphatic heterocycles. The molecule has 0 radical (unpaired) electrons. The Kier molecular flexibility index (Phi) is 4.48. The number of likely N-dealkylation sites (tertiary alicyclic amines) is 1. The van der Waals surface area contributed by atoms with Crippen molar-refractivity contribution in [3.63, 3.8) is 0 Å². The molecule has 1 unspecified atom stereocenters. The van der Waals surface area contributed by atoms with Crippen molar-refractivity contribution in [1.29, 1.82) is 5.26 Å². The SMILES string of the molecule is CCN1CCCC1CNc1ncc(C#N)cc1[N+](=O)[O-]. The van der Waals surface area contributed by atoms with Crippen LogP contribution in [0.2, 0.25) is 0 Å². The van der Waals surface area contributed by atoms with Gasteiger partial charge >= 0.3 is 5.69 Å². The zero-order valence-corrected chi connectivity index (χ0v) is 11.4. The molecule has 0 aliphatic carbocycles. The number of aromatic nitrogens is 1. The number of nitrogens with zero attached hydrogens (tertiary/aromatic N) is 4. The number of rotatable bonds is 5. The van der Waals surface area contributed by atoms with Crippen LogP contribution in [0.1, 0.15) is 25.3 Å². The Bertz CT molecular complexity index is 540. The Labute approximate surface area is 117 Å². The second-order valence-corrected chi connectivity index (χ2v) is 4.77. The first-order chi connectivity index (χ1) is 9.65. The molecule has 0 aromatic carbocycles. The summed E-state index contributed by atoms with van der Waals surface area (Å²) < 4.78 is 0. The largest absolute Gasteiger partial charge is 0.363 e. The molecule has 2 rings (SSSR count). The summed E-state index contributed by atoms with van der Waals surface area (Å²) >= 11 is 0. The fraction of sp³-hybridized carbons (Fsp3) is 0.538. The molecule has 106 valence electrons. The predicted molar refractivity (Wildman–Crippen MR) is 74.4 cm³/mol. The van der Waals surface area contributed by atoms with E-state index in [1.807, 2.05) is 6.07 Å². The Morgan fingerprint density at radius 1 is 1.70 bits per heavy atom. The van der Waals surface area contributed by atoms with Gasteiger partial charge in [-0.05, 0) is 25.9 Å². The van der Waals surface area contributed by atoms with Gasteiger partial charge in [0.15, 0.2) is 0 Å². The van der Waals surface area contributed by atoms with Gasteiger partial charge in [0.25, 0.3) is 0 Å². The molecule has 1 fully saturated rings. The Hall–Kier alpha value is -2.20. The third-order valence-electron chi connectivity index (χ3n) is 3.60. The van der Waals surface area contributed by atoms with E-state index in [4.69, 9.17) is 5.26 Å². The van der Waals surface area contributed by atoms with E-state index < -0.39 is 4.92 Å². The Balaban J connectivity index is 2.09. The molecule has 1 aromatic heterocycles. The first kappa shape index (κ1) is 14.2. The fourth-order valence-electron chi connectivity index (χ4n) is 2.55. The minimum absolute atomic E-state index is 0.148. The van der Waals surface area contributed by atoms with Crippen molar-refractivity contribution < 1.29 is 4.92 Å². The molecule has 1 saturated heterocycles. The third kappa shape index (κ3) is 3.03. The lowest BCUT2D eigenvalue weighted by Gasteiger charge is -2.22. The average molecular weight is 275 g/mol. The van der Waals surface area contributed by atoms with Crippen molar-refractivity contribution in [2.75, 3.05) is 25.0 Å². The number of nitro groups is 1. The second-order valence-electron chi connectivity index (χ2n) is 4.77. The first-order valence-electron chi connectivity index (χ1n) is 6.68. The van der Waals surface area contributed by atoms with Crippen molar-refractivity contribution in [2.24, 2.45) is 0 Å². The van der Waals surface area contributed by atoms with Gasteiger partial charge in [0.2, 0.25) is 5.82 Å². The monoisotopic (exact) mass is 275 g/mol. The second kappa shape index (κ2) is 6.30. The zero-order valence-electron chi connectivity index (χ0n) is 11.4. The normalized spacial score (nSPS) is 18.7. The maximum Gasteiger partial charge on any atom is 0.312 e. The predicted octanol–water partition coefficient (Wildman–Crippen LogP) is 1.76. The molecule has 0 amide bonds. The van der Waals surface area contributed by atoms with Gasteiger partial charge < -0.3 is 5.32 Å². The van der Waals surface area contributed by atoms with Crippen LogP contribution in [-0.2, 0) is 0 Å². The molecule has 0 bridgehead atoms. The van der Waals surface area contributed by atoms with E-state index >= 15 is 0 Å². The molecular formula is C13H17N5O2. The number of hydrogen-bond donors (Lipinski definition) is 1. The van der Waals surface area contributed by atoms with E-state index in [2.05, 4.69) is 22.1 Å². The molecule has 2 heterocycles. The van der Waals surface area contributed by atoms with Gasteiger partial charge in [-0.15, -0.1) is 0 Å². The van der Waals surface area contributed by atoms with Crippen LogP contribution < -0.4 is 5.32 Å². The molecule has 0 spiro atoms. The van der Waals surface area contributed by atoms with Crippen LogP contribution in [0.25, 0.3) is 0 Å². The number of nitriles is 1. The van der Waals surface area contributed by atoms with Crippen LogP contribution in [-0.4, -0.2) is 40.5 Å². The summed E-state index contributed by atoms with van der Waals surface area (Å²) in [4.78, 5) is 16.8. The van der Waals surface area contributed by atoms with Crippen LogP contribution in [0.4, 0.5) is 11.5 Å². The maximum absolute atomic E-state index is 11.0. The van der Waals surface area contributed by atoms with Crippen LogP contribution in [0.15, 0.2) is 12.3 Å². The number of anilines is 1. The van der Waals surface area contributed by atoms with Gasteiger partial charge in [0.05, 0.1) is 10.5 Å². The zero-order chi connectivity index (χ0) is 14.5. The lowest BCUT2D eigenvalue weighted by Crippen LogP contribution is -2.34. The van der Waals surface area contributed by atoms with E-state index in [1.54, 1.807) is 0 Å². The number of likely N-dealkylation sites (N-methyl/N-ethyl adjacent to an activating group) is 1. The van der Waals surface area contributed by atoms with Crippen LogP contribution in [0.5, 0.6) is 0 Å². The number of nitrogens with one attached hydrogen (secondary N) is 1. The van der Waals surface area contributed by atoms with E-state index in [0.29, 0.717) is 12.6 Å². The molecule has 1 aromatic rings. The summed E-state index contributed by atoms with van der Waals surface area (Å²) in [6.45, 7) is 4.80. The van der Waals surface area contributed by atoms with Crippen LogP contribution in [0, 0.1) is 21.4 Å². The molecule has 1 atom stereocenters. The highest BCUT2D eigenvalue weighted by atomic mass is 16.6. The summed E-state index contributed by atoms with van der Waals surface area (Å²) in [5, 5.41) is 22.8. The summed E-state index contributed by atoms with van der Waals surface area (Å²) in [6.07, 6.45) is 3.59. The fourth-order valence-corrected chi connectivity index (χ4v) is 2.55. The van der Waals surface area contributed by atoms with Gasteiger partial charge in [-0.25, -0.2) is 4.98 Å². The minimum atomic E-state index is -0.511. The van der Waals surface area contributed by atoms with Crippen molar-refractivity contribution in [2.45, 2.75) is 25.8 Å². The van der Waals surface area contributed by atoms with Gasteiger partial charge in [-0.3, -0.25) is 15.0 Å².